The third-order valence-electron chi connectivity index (χ3n) is 2.78. The molecule has 0 aromatic rings. The lowest BCUT2D eigenvalue weighted by molar-refractivity contribution is -0.307. The molecule has 1 fully saturated rings. The molecule has 0 amide bonds. The van der Waals surface area contributed by atoms with Gasteiger partial charge in [-0.1, -0.05) is 25.7 Å². The zero-order valence-electron chi connectivity index (χ0n) is 7.71. The van der Waals surface area contributed by atoms with Crippen LogP contribution in [0.4, 0.5) is 0 Å². The summed E-state index contributed by atoms with van der Waals surface area (Å²) in [5.41, 5.74) is -0.630. The molecule has 0 unspecified atom stereocenters. The Morgan fingerprint density at radius 2 is 1.85 bits per heavy atom. The van der Waals surface area contributed by atoms with E-state index in [1.807, 2.05) is 0 Å². The van der Waals surface area contributed by atoms with Crippen molar-refractivity contribution in [3.63, 3.8) is 0 Å². The summed E-state index contributed by atoms with van der Waals surface area (Å²) < 4.78 is 0. The Kier molecular flexibility index (Phi) is 3.30. The summed E-state index contributed by atoms with van der Waals surface area (Å²) in [6.45, 7) is 0. The Morgan fingerprint density at radius 3 is 2.23 bits per heavy atom. The molecule has 0 saturated heterocycles. The van der Waals surface area contributed by atoms with E-state index in [9.17, 15) is 9.90 Å². The fourth-order valence-corrected chi connectivity index (χ4v) is 2.01. The number of aliphatic carboxylic acids is 1. The van der Waals surface area contributed by atoms with Gasteiger partial charge in [-0.05, 0) is 12.8 Å². The number of carbonyl (C=O) groups excluding carboxylic acids is 1. The predicted molar refractivity (Wildman–Crippen MR) is 45.4 cm³/mol. The first-order valence-electron chi connectivity index (χ1n) is 4.80. The standard InChI is InChI=1S/C10H15NO2/c11-8-10(7-9(12)13)5-3-1-2-4-6-10/h1-7H2,(H,12,13)/p-1. The molecular weight excluding hydrogens is 166 g/mol. The van der Waals surface area contributed by atoms with Gasteiger partial charge in [-0.15, -0.1) is 0 Å². The van der Waals surface area contributed by atoms with Crippen LogP contribution < -0.4 is 5.11 Å². The molecule has 0 aliphatic heterocycles. The van der Waals surface area contributed by atoms with Crippen LogP contribution in [0.2, 0.25) is 0 Å². The first-order chi connectivity index (χ1) is 6.18. The van der Waals surface area contributed by atoms with Gasteiger partial charge in [-0.3, -0.25) is 0 Å². The van der Waals surface area contributed by atoms with Gasteiger partial charge in [-0.25, -0.2) is 0 Å². The molecule has 0 bridgehead atoms. The zero-order valence-corrected chi connectivity index (χ0v) is 7.71. The lowest BCUT2D eigenvalue weighted by atomic mass is 9.79. The Hall–Kier alpha value is -1.04. The van der Waals surface area contributed by atoms with Crippen molar-refractivity contribution >= 4 is 5.97 Å². The molecule has 3 heteroatoms. The first kappa shape index (κ1) is 10.0. The van der Waals surface area contributed by atoms with Gasteiger partial charge in [0, 0.05) is 12.4 Å². The third-order valence-corrected chi connectivity index (χ3v) is 2.78. The Morgan fingerprint density at radius 1 is 1.31 bits per heavy atom. The monoisotopic (exact) mass is 180 g/mol. The van der Waals surface area contributed by atoms with E-state index in [2.05, 4.69) is 6.07 Å². The fraction of sp³-hybridized carbons (Fsp3) is 0.800. The molecule has 72 valence electrons. The molecular formula is C10H14NO2-. The van der Waals surface area contributed by atoms with Gasteiger partial charge >= 0.3 is 0 Å². The van der Waals surface area contributed by atoms with E-state index < -0.39 is 11.4 Å². The maximum atomic E-state index is 10.5. The molecule has 0 aromatic carbocycles. The molecule has 1 aliphatic carbocycles. The number of carboxylic acids is 1. The van der Waals surface area contributed by atoms with Crippen molar-refractivity contribution < 1.29 is 9.90 Å². The molecule has 0 atom stereocenters. The van der Waals surface area contributed by atoms with Gasteiger partial charge in [0.25, 0.3) is 0 Å². The van der Waals surface area contributed by atoms with Crippen molar-refractivity contribution in [3.8, 4) is 6.07 Å². The molecule has 1 saturated carbocycles. The lowest BCUT2D eigenvalue weighted by Gasteiger charge is -2.24. The highest BCUT2D eigenvalue weighted by Crippen LogP contribution is 2.37. The van der Waals surface area contributed by atoms with E-state index in [-0.39, 0.29) is 6.42 Å². The summed E-state index contributed by atoms with van der Waals surface area (Å²) in [7, 11) is 0. The van der Waals surface area contributed by atoms with E-state index in [1.165, 1.54) is 0 Å². The minimum absolute atomic E-state index is 0.0938. The molecule has 1 rings (SSSR count). The van der Waals surface area contributed by atoms with Crippen LogP contribution in [-0.4, -0.2) is 5.97 Å². The van der Waals surface area contributed by atoms with Gasteiger partial charge in [0.1, 0.15) is 0 Å². The molecule has 3 nitrogen and oxygen atoms in total. The summed E-state index contributed by atoms with van der Waals surface area (Å²) in [6.07, 6.45) is 5.53. The number of hydrogen-bond acceptors (Lipinski definition) is 3. The summed E-state index contributed by atoms with van der Waals surface area (Å²) in [5.74, 6) is -1.09. The van der Waals surface area contributed by atoms with Crippen LogP contribution >= 0.6 is 0 Å². The van der Waals surface area contributed by atoms with Crippen LogP contribution in [0.1, 0.15) is 44.9 Å². The quantitative estimate of drug-likeness (QED) is 0.595. The second-order valence-electron chi connectivity index (χ2n) is 3.86. The van der Waals surface area contributed by atoms with Crippen molar-refractivity contribution in [1.82, 2.24) is 0 Å². The van der Waals surface area contributed by atoms with E-state index in [1.54, 1.807) is 0 Å². The highest BCUT2D eigenvalue weighted by molar-refractivity contribution is 5.65. The van der Waals surface area contributed by atoms with Crippen LogP contribution in [0.3, 0.4) is 0 Å². The minimum atomic E-state index is -1.09. The topological polar surface area (TPSA) is 63.9 Å². The van der Waals surface area contributed by atoms with E-state index in [0.29, 0.717) is 0 Å². The smallest absolute Gasteiger partial charge is 0.0693 e. The average molecular weight is 180 g/mol. The number of nitriles is 1. The largest absolute Gasteiger partial charge is 0.550 e. The van der Waals surface area contributed by atoms with Crippen LogP contribution in [0.15, 0.2) is 0 Å². The summed E-state index contributed by atoms with van der Waals surface area (Å²) >= 11 is 0. The van der Waals surface area contributed by atoms with Crippen LogP contribution in [-0.2, 0) is 4.79 Å². The van der Waals surface area contributed by atoms with Crippen molar-refractivity contribution in [1.29, 1.82) is 5.26 Å². The fourth-order valence-electron chi connectivity index (χ4n) is 2.01. The number of hydrogen-bond donors (Lipinski definition) is 0. The van der Waals surface area contributed by atoms with Crippen LogP contribution in [0.25, 0.3) is 0 Å². The van der Waals surface area contributed by atoms with E-state index in [4.69, 9.17) is 5.26 Å². The Bertz CT molecular complexity index is 222. The number of carboxylic acid groups (broad SMARTS) is 1. The first-order valence-corrected chi connectivity index (χ1v) is 4.80. The highest BCUT2D eigenvalue weighted by Gasteiger charge is 2.30. The molecule has 13 heavy (non-hydrogen) atoms. The molecule has 0 heterocycles. The number of rotatable bonds is 2. The summed E-state index contributed by atoms with van der Waals surface area (Å²) in [6, 6.07) is 2.17. The zero-order chi connectivity index (χ0) is 9.73. The predicted octanol–water partition coefficient (Wildman–Crippen LogP) is 0.991. The van der Waals surface area contributed by atoms with E-state index in [0.717, 1.165) is 38.5 Å². The highest BCUT2D eigenvalue weighted by atomic mass is 16.4. The Balaban J connectivity index is 2.66. The maximum absolute atomic E-state index is 10.5. The summed E-state index contributed by atoms with van der Waals surface area (Å²) in [5, 5.41) is 19.5. The van der Waals surface area contributed by atoms with Crippen molar-refractivity contribution in [2.45, 2.75) is 44.9 Å². The van der Waals surface area contributed by atoms with Crippen LogP contribution in [0, 0.1) is 16.7 Å². The second kappa shape index (κ2) is 4.27. The van der Waals surface area contributed by atoms with E-state index >= 15 is 0 Å². The molecule has 0 N–H and O–H groups in total. The lowest BCUT2D eigenvalue weighted by Crippen LogP contribution is -2.31. The maximum Gasteiger partial charge on any atom is 0.0693 e. The number of nitrogens with zero attached hydrogens (tertiary/aromatic N) is 1. The molecule has 0 spiro atoms. The SMILES string of the molecule is N#CC1(CC(=O)[O-])CCCCCC1. The molecule has 1 aliphatic rings. The van der Waals surface area contributed by atoms with Gasteiger partial charge < -0.3 is 9.90 Å². The normalized spacial score (nSPS) is 21.5. The third kappa shape index (κ3) is 2.73. The van der Waals surface area contributed by atoms with Gasteiger partial charge in [0.15, 0.2) is 0 Å². The molecule has 0 radical (unpaired) electrons. The number of carbonyl (C=O) groups is 1. The van der Waals surface area contributed by atoms with Crippen LogP contribution in [0.5, 0.6) is 0 Å². The van der Waals surface area contributed by atoms with Crippen molar-refractivity contribution in [2.75, 3.05) is 0 Å². The van der Waals surface area contributed by atoms with Crippen molar-refractivity contribution in [2.24, 2.45) is 5.41 Å². The Labute approximate surface area is 78.4 Å². The van der Waals surface area contributed by atoms with Gasteiger partial charge in [-0.2, -0.15) is 5.26 Å². The minimum Gasteiger partial charge on any atom is -0.550 e. The van der Waals surface area contributed by atoms with Gasteiger partial charge in [0.05, 0.1) is 11.5 Å². The molecule has 0 aromatic heterocycles. The second-order valence-corrected chi connectivity index (χ2v) is 3.86. The van der Waals surface area contributed by atoms with Gasteiger partial charge in [0.2, 0.25) is 0 Å². The summed E-state index contributed by atoms with van der Waals surface area (Å²) in [4.78, 5) is 10.5. The average Bonchev–Trinajstić information content (AvgIpc) is 2.30. The van der Waals surface area contributed by atoms with Crippen molar-refractivity contribution in [3.05, 3.63) is 0 Å².